The van der Waals surface area contributed by atoms with Gasteiger partial charge in [0.1, 0.15) is 24.1 Å². The van der Waals surface area contributed by atoms with Gasteiger partial charge in [0.2, 0.25) is 0 Å². The van der Waals surface area contributed by atoms with Crippen molar-refractivity contribution in [2.75, 3.05) is 12.4 Å². The van der Waals surface area contributed by atoms with Gasteiger partial charge in [0, 0.05) is 5.69 Å². The second kappa shape index (κ2) is 10.7. The molecule has 0 aliphatic heterocycles. The molecule has 7 heteroatoms. The Labute approximate surface area is 197 Å². The summed E-state index contributed by atoms with van der Waals surface area (Å²) in [6.07, 6.45) is 1.43. The summed E-state index contributed by atoms with van der Waals surface area (Å²) in [5.41, 5.74) is 3.90. The Hall–Kier alpha value is -3.82. The molecular formula is C26H22ClFN2O3. The molecule has 0 aliphatic carbocycles. The average molecular weight is 465 g/mol. The van der Waals surface area contributed by atoms with E-state index in [-0.39, 0.29) is 23.0 Å². The van der Waals surface area contributed by atoms with Crippen LogP contribution in [0.1, 0.15) is 22.3 Å². The van der Waals surface area contributed by atoms with Crippen molar-refractivity contribution < 1.29 is 18.7 Å². The first-order valence-corrected chi connectivity index (χ1v) is 10.4. The van der Waals surface area contributed by atoms with E-state index in [1.807, 2.05) is 32.0 Å². The standard InChI is InChI=1S/C26H22ClFN2O3/c1-16-4-9-22(10-17(16)2)30-26(31)20(14-29)11-19-12-23(27)25(24(13-19)32-3)33-15-18-5-7-21(28)8-6-18/h4-13H,15H2,1-3H3,(H,30,31)/b20-11+. The number of nitriles is 1. The highest BCUT2D eigenvalue weighted by atomic mass is 35.5. The van der Waals surface area contributed by atoms with Crippen LogP contribution in [0.4, 0.5) is 10.1 Å². The molecule has 0 heterocycles. The van der Waals surface area contributed by atoms with E-state index in [1.165, 1.54) is 25.3 Å². The van der Waals surface area contributed by atoms with E-state index < -0.39 is 5.91 Å². The van der Waals surface area contributed by atoms with Crippen molar-refractivity contribution in [1.82, 2.24) is 0 Å². The minimum Gasteiger partial charge on any atom is -0.493 e. The summed E-state index contributed by atoms with van der Waals surface area (Å²) in [5.74, 6) is -0.228. The van der Waals surface area contributed by atoms with E-state index in [4.69, 9.17) is 21.1 Å². The first-order valence-electron chi connectivity index (χ1n) is 10.1. The van der Waals surface area contributed by atoms with Gasteiger partial charge in [-0.3, -0.25) is 4.79 Å². The van der Waals surface area contributed by atoms with Crippen molar-refractivity contribution in [1.29, 1.82) is 5.26 Å². The molecule has 0 unspecified atom stereocenters. The van der Waals surface area contributed by atoms with Crippen LogP contribution in [-0.2, 0) is 11.4 Å². The van der Waals surface area contributed by atoms with Crippen LogP contribution in [0.5, 0.6) is 11.5 Å². The number of amides is 1. The normalized spacial score (nSPS) is 11.0. The third-order valence-corrected chi connectivity index (χ3v) is 5.27. The Kier molecular flexibility index (Phi) is 7.70. The maximum Gasteiger partial charge on any atom is 0.266 e. The first-order chi connectivity index (χ1) is 15.8. The number of benzene rings is 3. The molecule has 168 valence electrons. The number of hydrogen-bond donors (Lipinski definition) is 1. The number of halogens is 2. The number of nitrogens with zero attached hydrogens (tertiary/aromatic N) is 1. The number of hydrogen-bond acceptors (Lipinski definition) is 4. The molecule has 3 aromatic carbocycles. The van der Waals surface area contributed by atoms with Crippen molar-refractivity contribution in [2.24, 2.45) is 0 Å². The summed E-state index contributed by atoms with van der Waals surface area (Å²) in [6.45, 7) is 4.08. The Bertz CT molecular complexity index is 1250. The third-order valence-electron chi connectivity index (χ3n) is 4.99. The molecule has 5 nitrogen and oxygen atoms in total. The smallest absolute Gasteiger partial charge is 0.266 e. The molecule has 1 N–H and O–H groups in total. The molecular weight excluding hydrogens is 443 g/mol. The minimum absolute atomic E-state index is 0.0914. The van der Waals surface area contributed by atoms with E-state index in [0.29, 0.717) is 22.7 Å². The highest BCUT2D eigenvalue weighted by Crippen LogP contribution is 2.37. The lowest BCUT2D eigenvalue weighted by molar-refractivity contribution is -0.112. The molecule has 0 aromatic heterocycles. The van der Waals surface area contributed by atoms with Crippen LogP contribution < -0.4 is 14.8 Å². The molecule has 1 amide bonds. The predicted molar refractivity (Wildman–Crippen MR) is 127 cm³/mol. The first kappa shape index (κ1) is 23.8. The van der Waals surface area contributed by atoms with Gasteiger partial charge < -0.3 is 14.8 Å². The van der Waals surface area contributed by atoms with Crippen molar-refractivity contribution in [3.8, 4) is 17.6 Å². The van der Waals surface area contributed by atoms with Gasteiger partial charge in [-0.05, 0) is 78.6 Å². The lowest BCUT2D eigenvalue weighted by Gasteiger charge is -2.14. The zero-order chi connectivity index (χ0) is 24.0. The maximum atomic E-state index is 13.1. The molecule has 0 aliphatic rings. The molecule has 3 aromatic rings. The lowest BCUT2D eigenvalue weighted by atomic mass is 10.1. The van der Waals surface area contributed by atoms with Crippen LogP contribution in [-0.4, -0.2) is 13.0 Å². The van der Waals surface area contributed by atoms with Crippen molar-refractivity contribution in [3.63, 3.8) is 0 Å². The SMILES string of the molecule is COc1cc(/C=C(\C#N)C(=O)Nc2ccc(C)c(C)c2)cc(Cl)c1OCc1ccc(F)cc1. The van der Waals surface area contributed by atoms with E-state index in [1.54, 1.807) is 30.3 Å². The number of ether oxygens (including phenoxy) is 2. The molecule has 0 fully saturated rings. The van der Waals surface area contributed by atoms with E-state index in [2.05, 4.69) is 5.32 Å². The lowest BCUT2D eigenvalue weighted by Crippen LogP contribution is -2.13. The third kappa shape index (κ3) is 6.12. The highest BCUT2D eigenvalue weighted by Gasteiger charge is 2.15. The Morgan fingerprint density at radius 1 is 1.12 bits per heavy atom. The average Bonchev–Trinajstić information content (AvgIpc) is 2.79. The fourth-order valence-corrected chi connectivity index (χ4v) is 3.31. The fourth-order valence-electron chi connectivity index (χ4n) is 3.03. The second-order valence-electron chi connectivity index (χ2n) is 7.37. The predicted octanol–water partition coefficient (Wildman–Crippen LogP) is 6.23. The van der Waals surface area contributed by atoms with Gasteiger partial charge in [-0.1, -0.05) is 29.8 Å². The van der Waals surface area contributed by atoms with E-state index in [0.717, 1.165) is 16.7 Å². The van der Waals surface area contributed by atoms with Gasteiger partial charge >= 0.3 is 0 Å². The molecule has 0 atom stereocenters. The molecule has 0 radical (unpaired) electrons. The van der Waals surface area contributed by atoms with Crippen molar-refractivity contribution >= 4 is 29.3 Å². The summed E-state index contributed by atoms with van der Waals surface area (Å²) >= 11 is 6.40. The van der Waals surface area contributed by atoms with Gasteiger partial charge in [-0.25, -0.2) is 4.39 Å². The van der Waals surface area contributed by atoms with Gasteiger partial charge in [-0.15, -0.1) is 0 Å². The Balaban J connectivity index is 1.81. The van der Waals surface area contributed by atoms with Crippen LogP contribution in [0.15, 0.2) is 60.2 Å². The number of anilines is 1. The number of rotatable bonds is 7. The largest absolute Gasteiger partial charge is 0.493 e. The van der Waals surface area contributed by atoms with Gasteiger partial charge in [0.25, 0.3) is 5.91 Å². The van der Waals surface area contributed by atoms with Crippen LogP contribution in [0.25, 0.3) is 6.08 Å². The van der Waals surface area contributed by atoms with Crippen LogP contribution in [0, 0.1) is 31.0 Å². The molecule has 3 rings (SSSR count). The monoisotopic (exact) mass is 464 g/mol. The molecule has 33 heavy (non-hydrogen) atoms. The topological polar surface area (TPSA) is 71.3 Å². The van der Waals surface area contributed by atoms with E-state index in [9.17, 15) is 14.4 Å². The molecule has 0 saturated carbocycles. The van der Waals surface area contributed by atoms with Crippen LogP contribution in [0.2, 0.25) is 5.02 Å². The molecule has 0 spiro atoms. The number of carbonyl (C=O) groups is 1. The van der Waals surface area contributed by atoms with Gasteiger partial charge in [-0.2, -0.15) is 5.26 Å². The van der Waals surface area contributed by atoms with Crippen LogP contribution >= 0.6 is 11.6 Å². The summed E-state index contributed by atoms with van der Waals surface area (Å²) in [5, 5.41) is 12.5. The zero-order valence-electron chi connectivity index (χ0n) is 18.4. The van der Waals surface area contributed by atoms with Crippen molar-refractivity contribution in [3.05, 3.63) is 93.3 Å². The highest BCUT2D eigenvalue weighted by molar-refractivity contribution is 6.32. The Morgan fingerprint density at radius 2 is 1.85 bits per heavy atom. The zero-order valence-corrected chi connectivity index (χ0v) is 19.2. The summed E-state index contributed by atoms with van der Waals surface area (Å²) < 4.78 is 24.2. The minimum atomic E-state index is -0.535. The Morgan fingerprint density at radius 3 is 2.48 bits per heavy atom. The molecule has 0 bridgehead atoms. The molecule has 0 saturated heterocycles. The fraction of sp³-hybridized carbons (Fsp3) is 0.154. The maximum absolute atomic E-state index is 13.1. The van der Waals surface area contributed by atoms with Gasteiger partial charge in [0.15, 0.2) is 11.5 Å². The summed E-state index contributed by atoms with van der Waals surface area (Å²) in [4.78, 5) is 12.6. The quantitative estimate of drug-likeness (QED) is 0.332. The summed E-state index contributed by atoms with van der Waals surface area (Å²) in [7, 11) is 1.46. The van der Waals surface area contributed by atoms with Gasteiger partial charge in [0.05, 0.1) is 12.1 Å². The van der Waals surface area contributed by atoms with Crippen LogP contribution in [0.3, 0.4) is 0 Å². The number of aryl methyl sites for hydroxylation is 2. The number of carbonyl (C=O) groups excluding carboxylic acids is 1. The van der Waals surface area contributed by atoms with Crippen molar-refractivity contribution in [2.45, 2.75) is 20.5 Å². The number of nitrogens with one attached hydrogen (secondary N) is 1. The summed E-state index contributed by atoms with van der Waals surface area (Å²) in [6, 6.07) is 16.5. The second-order valence-corrected chi connectivity index (χ2v) is 7.78. The van der Waals surface area contributed by atoms with E-state index >= 15 is 0 Å². The number of methoxy groups -OCH3 is 1.